The fourth-order valence-electron chi connectivity index (χ4n) is 5.76. The minimum absolute atomic E-state index is 0. The van der Waals surface area contributed by atoms with E-state index in [2.05, 4.69) is 9.98 Å². The van der Waals surface area contributed by atoms with Crippen LogP contribution in [0, 0.1) is 20.2 Å². The number of phenols is 2. The molecule has 0 heterocycles. The van der Waals surface area contributed by atoms with Gasteiger partial charge in [0, 0.05) is 75.7 Å². The number of para-hydroxylation sites is 1. The molecular formula is C40H45CoN4O8-. The molecule has 0 bridgehead atoms. The maximum absolute atomic E-state index is 11.5. The number of hydrogen-bond donors (Lipinski definition) is 2. The maximum atomic E-state index is 11.5. The molecular weight excluding hydrogens is 723 g/mol. The Kier molecular flexibility index (Phi) is 14.3. The van der Waals surface area contributed by atoms with Crippen molar-refractivity contribution in [3.8, 4) is 28.7 Å². The van der Waals surface area contributed by atoms with E-state index in [-0.39, 0.29) is 68.6 Å². The summed E-state index contributed by atoms with van der Waals surface area (Å²) in [4.78, 5) is 31.3. The number of aliphatic imine (C=N–C) groups is 2. The molecule has 1 aliphatic carbocycles. The number of ether oxygens (including phenoxy) is 1. The molecule has 1 aliphatic rings. The Hall–Kier alpha value is -5.27. The van der Waals surface area contributed by atoms with Crippen molar-refractivity contribution in [2.24, 2.45) is 9.98 Å². The van der Waals surface area contributed by atoms with Gasteiger partial charge in [0.2, 0.25) is 0 Å². The van der Waals surface area contributed by atoms with Gasteiger partial charge in [0.05, 0.1) is 21.9 Å². The molecule has 2 N–H and O–H groups in total. The molecule has 1 fully saturated rings. The van der Waals surface area contributed by atoms with Gasteiger partial charge in [0.25, 0.3) is 11.4 Å². The minimum Gasteiger partial charge on any atom is -0.872 e. The molecule has 0 spiro atoms. The monoisotopic (exact) mass is 768 g/mol. The van der Waals surface area contributed by atoms with E-state index in [9.17, 15) is 35.5 Å². The van der Waals surface area contributed by atoms with Gasteiger partial charge < -0.3 is 20.1 Å². The van der Waals surface area contributed by atoms with E-state index in [4.69, 9.17) is 4.74 Å². The molecule has 4 aromatic carbocycles. The van der Waals surface area contributed by atoms with Crippen LogP contribution in [0.15, 0.2) is 88.8 Å². The van der Waals surface area contributed by atoms with Crippen LogP contribution in [0.2, 0.25) is 0 Å². The first kappa shape index (κ1) is 42.1. The van der Waals surface area contributed by atoms with E-state index in [0.717, 1.165) is 31.4 Å². The average molecular weight is 769 g/mol. The molecule has 2 atom stereocenters. The summed E-state index contributed by atoms with van der Waals surface area (Å²) < 4.78 is 5.49. The van der Waals surface area contributed by atoms with Crippen molar-refractivity contribution in [2.45, 2.75) is 90.1 Å². The smallest absolute Gasteiger partial charge is 0.270 e. The molecule has 1 radical (unpaired) electrons. The molecule has 12 nitrogen and oxygen atoms in total. The van der Waals surface area contributed by atoms with Gasteiger partial charge in [0.15, 0.2) is 0 Å². The second-order valence-electron chi connectivity index (χ2n) is 14.7. The SMILES string of the molecule is CC(C)(C)c1cc([N+](=O)[O-])cc(C=N[C@@H]2CCCC[C@H]2N=Cc2cc([N+](=O)[O-])cc(C(C)(C)C)c2O)c1O.[Co].[O-]c1ccc(Oc2ccccc2)cc1. The van der Waals surface area contributed by atoms with Crippen LogP contribution in [0.3, 0.4) is 0 Å². The number of rotatable bonds is 8. The molecule has 0 aromatic heterocycles. The molecule has 5 rings (SSSR count). The first-order valence-electron chi connectivity index (χ1n) is 17.0. The Bertz CT molecular complexity index is 1840. The van der Waals surface area contributed by atoms with Gasteiger partial charge >= 0.3 is 0 Å². The molecule has 4 aromatic rings. The molecule has 0 saturated heterocycles. The van der Waals surface area contributed by atoms with Crippen molar-refractivity contribution in [1.29, 1.82) is 0 Å². The number of phenolic OH excluding ortho intramolecular Hbond substituents is 2. The van der Waals surface area contributed by atoms with Crippen LogP contribution < -0.4 is 9.84 Å². The Morgan fingerprint density at radius 1 is 0.679 bits per heavy atom. The first-order valence-corrected chi connectivity index (χ1v) is 17.0. The topological polar surface area (TPSA) is 184 Å². The van der Waals surface area contributed by atoms with Crippen LogP contribution in [0.5, 0.6) is 28.7 Å². The minimum atomic E-state index is -0.511. The molecule has 0 amide bonds. The first-order chi connectivity index (χ1) is 24.4. The summed E-state index contributed by atoms with van der Waals surface area (Å²) in [6, 6.07) is 20.6. The van der Waals surface area contributed by atoms with Gasteiger partial charge in [-0.3, -0.25) is 30.2 Å². The number of nitro benzene ring substituents is 2. The third kappa shape index (κ3) is 11.6. The molecule has 53 heavy (non-hydrogen) atoms. The van der Waals surface area contributed by atoms with Gasteiger partial charge in [0.1, 0.15) is 23.0 Å². The largest absolute Gasteiger partial charge is 0.872 e. The summed E-state index contributed by atoms with van der Waals surface area (Å²) in [6.45, 7) is 11.2. The van der Waals surface area contributed by atoms with E-state index >= 15 is 0 Å². The summed E-state index contributed by atoms with van der Waals surface area (Å²) in [5.41, 5.74) is 0.188. The Labute approximate surface area is 319 Å². The van der Waals surface area contributed by atoms with Crippen molar-refractivity contribution in [2.75, 3.05) is 0 Å². The zero-order valence-electron chi connectivity index (χ0n) is 30.6. The van der Waals surface area contributed by atoms with Crippen LogP contribution in [-0.2, 0) is 27.6 Å². The van der Waals surface area contributed by atoms with E-state index in [1.54, 1.807) is 12.1 Å². The predicted octanol–water partition coefficient (Wildman–Crippen LogP) is 8.91. The standard InChI is InChI=1S/C28H36N4O6.C12H10O2.Co/c1-27(2,3)21-13-19(31(35)36)11-17(25(21)33)15-29-23-9-7-8-10-24(23)30-16-18-12-20(32(37)38)14-22(26(18)34)28(4,5)6;13-10-6-8-12(9-7-10)14-11-4-2-1-3-5-11;/h11-16,23-24,33-34H,7-10H2,1-6H3;1-9,13H;/p-1/t23-,24-;;/m1../s1. The number of aromatic hydroxyl groups is 2. The van der Waals surface area contributed by atoms with Crippen LogP contribution >= 0.6 is 0 Å². The van der Waals surface area contributed by atoms with Crippen LogP contribution in [0.1, 0.15) is 89.5 Å². The summed E-state index contributed by atoms with van der Waals surface area (Å²) in [6.07, 6.45) is 6.26. The number of hydrogen-bond acceptors (Lipinski definition) is 10. The van der Waals surface area contributed by atoms with E-state index in [1.807, 2.05) is 71.9 Å². The Morgan fingerprint density at radius 3 is 1.45 bits per heavy atom. The van der Waals surface area contributed by atoms with Gasteiger partial charge in [-0.15, -0.1) is 5.75 Å². The number of non-ortho nitro benzene ring substituents is 2. The fourth-order valence-corrected chi connectivity index (χ4v) is 5.76. The third-order valence-corrected chi connectivity index (χ3v) is 8.59. The number of nitro groups is 2. The Balaban J connectivity index is 0.000000420. The molecule has 0 aliphatic heterocycles. The maximum Gasteiger partial charge on any atom is 0.270 e. The van der Waals surface area contributed by atoms with Crippen molar-refractivity contribution < 1.29 is 46.7 Å². The molecule has 1 saturated carbocycles. The normalized spacial score (nSPS) is 16.0. The van der Waals surface area contributed by atoms with Gasteiger partial charge in [-0.25, -0.2) is 0 Å². The quantitative estimate of drug-likeness (QED) is 0.101. The van der Waals surface area contributed by atoms with Gasteiger partial charge in [-0.1, -0.05) is 84.7 Å². The van der Waals surface area contributed by atoms with Crippen molar-refractivity contribution >= 4 is 23.8 Å². The summed E-state index contributed by atoms with van der Waals surface area (Å²) in [5.74, 6) is 1.35. The van der Waals surface area contributed by atoms with E-state index in [0.29, 0.717) is 16.9 Å². The van der Waals surface area contributed by atoms with Crippen molar-refractivity contribution in [3.05, 3.63) is 121 Å². The second kappa shape index (κ2) is 18.0. The predicted molar refractivity (Wildman–Crippen MR) is 201 cm³/mol. The average Bonchev–Trinajstić information content (AvgIpc) is 3.08. The van der Waals surface area contributed by atoms with Gasteiger partial charge in [-0.05, 0) is 47.9 Å². The summed E-state index contributed by atoms with van der Waals surface area (Å²) >= 11 is 0. The van der Waals surface area contributed by atoms with Crippen LogP contribution in [0.25, 0.3) is 0 Å². The van der Waals surface area contributed by atoms with Crippen molar-refractivity contribution in [1.82, 2.24) is 0 Å². The third-order valence-electron chi connectivity index (χ3n) is 8.59. The zero-order valence-corrected chi connectivity index (χ0v) is 31.7. The fraction of sp³-hybridized carbons (Fsp3) is 0.350. The number of nitrogens with zero attached hydrogens (tertiary/aromatic N) is 4. The van der Waals surface area contributed by atoms with E-state index < -0.39 is 20.7 Å². The van der Waals surface area contributed by atoms with Gasteiger partial charge in [-0.2, -0.15) is 0 Å². The molecule has 13 heteroatoms. The van der Waals surface area contributed by atoms with Crippen LogP contribution in [0.4, 0.5) is 11.4 Å². The van der Waals surface area contributed by atoms with Crippen molar-refractivity contribution in [3.63, 3.8) is 0 Å². The Morgan fingerprint density at radius 2 is 1.08 bits per heavy atom. The second-order valence-corrected chi connectivity index (χ2v) is 14.7. The van der Waals surface area contributed by atoms with Crippen LogP contribution in [-0.4, -0.2) is 44.6 Å². The number of benzene rings is 4. The van der Waals surface area contributed by atoms with E-state index in [1.165, 1.54) is 48.8 Å². The summed E-state index contributed by atoms with van der Waals surface area (Å²) in [5, 5.41) is 55.5. The molecule has 283 valence electrons. The summed E-state index contributed by atoms with van der Waals surface area (Å²) in [7, 11) is 0. The zero-order chi connectivity index (χ0) is 38.2. The molecule has 0 unspecified atom stereocenters.